The molecule has 2 heterocycles. The average molecular weight is 587 g/mol. The Balaban J connectivity index is 0.000000420. The third kappa shape index (κ3) is 18.5. The highest BCUT2D eigenvalue weighted by Gasteiger charge is 2.12. The minimum absolute atomic E-state index is 0.323. The molecule has 0 radical (unpaired) electrons. The minimum Gasteiger partial charge on any atom is -0.481 e. The number of hydrogen-bond donors (Lipinski definition) is 1. The van der Waals surface area contributed by atoms with Crippen molar-refractivity contribution < 1.29 is 18.7 Å². The number of unbranched alkanes of at least 4 members (excludes halogenated alkanes) is 15. The van der Waals surface area contributed by atoms with Crippen molar-refractivity contribution in [2.75, 3.05) is 0 Å². The van der Waals surface area contributed by atoms with Crippen molar-refractivity contribution in [2.45, 2.75) is 189 Å². The summed E-state index contributed by atoms with van der Waals surface area (Å²) in [5.74, 6) is 4.05. The number of carbonyl (C=O) groups is 1. The van der Waals surface area contributed by atoms with Crippen LogP contribution in [0.4, 0.5) is 0 Å². The molecular formula is C38H66O4. The lowest BCUT2D eigenvalue weighted by Gasteiger charge is -2.02. The molecule has 242 valence electrons. The van der Waals surface area contributed by atoms with Crippen molar-refractivity contribution >= 4 is 5.97 Å². The van der Waals surface area contributed by atoms with E-state index in [0.29, 0.717) is 6.42 Å². The Morgan fingerprint density at radius 3 is 1.45 bits per heavy atom. The second kappa shape index (κ2) is 25.5. The molecule has 0 bridgehead atoms. The van der Waals surface area contributed by atoms with Crippen LogP contribution >= 0.6 is 0 Å². The quantitative estimate of drug-likeness (QED) is 0.118. The van der Waals surface area contributed by atoms with Gasteiger partial charge in [-0.1, -0.05) is 111 Å². The van der Waals surface area contributed by atoms with Crippen LogP contribution in [0.1, 0.15) is 183 Å². The first kappa shape index (κ1) is 38.1. The third-order valence-electron chi connectivity index (χ3n) is 8.41. The molecular weight excluding hydrogens is 520 g/mol. The summed E-state index contributed by atoms with van der Waals surface area (Å²) in [5, 5.41) is 8.53. The second-order valence-electron chi connectivity index (χ2n) is 12.4. The van der Waals surface area contributed by atoms with E-state index >= 15 is 0 Å². The molecule has 4 nitrogen and oxygen atoms in total. The molecule has 0 spiro atoms. The van der Waals surface area contributed by atoms with E-state index in [0.717, 1.165) is 56.5 Å². The van der Waals surface area contributed by atoms with E-state index in [-0.39, 0.29) is 0 Å². The Kier molecular flexibility index (Phi) is 23.1. The molecule has 2 rings (SSSR count). The molecule has 0 saturated carbocycles. The van der Waals surface area contributed by atoms with Crippen LogP contribution in [-0.2, 0) is 30.5 Å². The van der Waals surface area contributed by atoms with Crippen molar-refractivity contribution in [3.63, 3.8) is 0 Å². The van der Waals surface area contributed by atoms with E-state index in [9.17, 15) is 4.79 Å². The summed E-state index contributed by atoms with van der Waals surface area (Å²) in [6.45, 7) is 11.1. The zero-order chi connectivity index (χ0) is 30.8. The van der Waals surface area contributed by atoms with Gasteiger partial charge in [-0.15, -0.1) is 0 Å². The number of carboxylic acid groups (broad SMARTS) is 1. The molecule has 1 N–H and O–H groups in total. The molecule has 0 saturated heterocycles. The fraction of sp³-hybridized carbons (Fsp3) is 0.763. The Hall–Kier alpha value is -1.97. The van der Waals surface area contributed by atoms with Gasteiger partial charge in [0.1, 0.15) is 23.0 Å². The van der Waals surface area contributed by atoms with Gasteiger partial charge in [0.2, 0.25) is 0 Å². The molecule has 42 heavy (non-hydrogen) atoms. The highest BCUT2D eigenvalue weighted by atomic mass is 16.4. The van der Waals surface area contributed by atoms with Crippen LogP contribution in [0.3, 0.4) is 0 Å². The topological polar surface area (TPSA) is 63.6 Å². The zero-order valence-corrected chi connectivity index (χ0v) is 28.3. The molecule has 0 aromatic carbocycles. The second-order valence-corrected chi connectivity index (χ2v) is 12.4. The molecule has 0 aliphatic carbocycles. The van der Waals surface area contributed by atoms with Crippen LogP contribution in [-0.4, -0.2) is 11.1 Å². The molecule has 0 amide bonds. The van der Waals surface area contributed by atoms with Crippen LogP contribution < -0.4 is 0 Å². The monoisotopic (exact) mass is 586 g/mol. The lowest BCUT2D eigenvalue weighted by atomic mass is 10.0. The predicted molar refractivity (Wildman–Crippen MR) is 179 cm³/mol. The van der Waals surface area contributed by atoms with Crippen LogP contribution in [0.25, 0.3) is 0 Å². The van der Waals surface area contributed by atoms with Gasteiger partial charge in [0, 0.05) is 32.1 Å². The Morgan fingerprint density at radius 2 is 0.952 bits per heavy atom. The minimum atomic E-state index is -0.671. The molecule has 0 aliphatic rings. The highest BCUT2D eigenvalue weighted by Crippen LogP contribution is 2.24. The normalized spacial score (nSPS) is 11.1. The van der Waals surface area contributed by atoms with Crippen LogP contribution in [0, 0.1) is 13.8 Å². The van der Waals surface area contributed by atoms with E-state index in [1.165, 1.54) is 125 Å². The fourth-order valence-corrected chi connectivity index (χ4v) is 5.59. The average Bonchev–Trinajstić information content (AvgIpc) is 3.53. The summed E-state index contributed by atoms with van der Waals surface area (Å²) >= 11 is 0. The van der Waals surface area contributed by atoms with Crippen molar-refractivity contribution in [1.82, 2.24) is 0 Å². The highest BCUT2D eigenvalue weighted by molar-refractivity contribution is 5.66. The van der Waals surface area contributed by atoms with Gasteiger partial charge in [-0.25, -0.2) is 0 Å². The summed E-state index contributed by atoms with van der Waals surface area (Å²) in [5.41, 5.74) is 2.79. The van der Waals surface area contributed by atoms with Gasteiger partial charge in [-0.2, -0.15) is 0 Å². The number of rotatable bonds is 25. The number of furan rings is 2. The van der Waals surface area contributed by atoms with Crippen molar-refractivity contribution in [3.8, 4) is 0 Å². The van der Waals surface area contributed by atoms with Crippen molar-refractivity contribution in [1.29, 1.82) is 0 Å². The Morgan fingerprint density at radius 1 is 0.524 bits per heavy atom. The first-order chi connectivity index (χ1) is 20.4. The number of hydrogen-bond acceptors (Lipinski definition) is 3. The van der Waals surface area contributed by atoms with Crippen LogP contribution in [0.5, 0.6) is 0 Å². The number of aryl methyl sites for hydroxylation is 4. The Labute approximate surface area is 259 Å². The van der Waals surface area contributed by atoms with Gasteiger partial charge < -0.3 is 13.9 Å². The summed E-state index contributed by atoms with van der Waals surface area (Å²) in [6.07, 6.45) is 28.8. The summed E-state index contributed by atoms with van der Waals surface area (Å²) in [7, 11) is 0. The number of aliphatic carboxylic acids is 1. The lowest BCUT2D eigenvalue weighted by Crippen LogP contribution is -1.93. The maximum Gasteiger partial charge on any atom is 0.303 e. The summed E-state index contributed by atoms with van der Waals surface area (Å²) < 4.78 is 11.8. The van der Waals surface area contributed by atoms with E-state index in [1.54, 1.807) is 0 Å². The fourth-order valence-electron chi connectivity index (χ4n) is 5.59. The lowest BCUT2D eigenvalue weighted by molar-refractivity contribution is -0.137. The molecule has 0 atom stereocenters. The molecule has 2 aromatic rings. The van der Waals surface area contributed by atoms with Gasteiger partial charge in [-0.3, -0.25) is 4.79 Å². The summed E-state index contributed by atoms with van der Waals surface area (Å²) in [4.78, 5) is 10.4. The van der Waals surface area contributed by atoms with Gasteiger partial charge in [0.25, 0.3) is 0 Å². The molecule has 0 aliphatic heterocycles. The van der Waals surface area contributed by atoms with Gasteiger partial charge in [0.15, 0.2) is 0 Å². The van der Waals surface area contributed by atoms with E-state index < -0.39 is 5.97 Å². The maximum atomic E-state index is 10.4. The maximum absolute atomic E-state index is 10.4. The van der Waals surface area contributed by atoms with Gasteiger partial charge in [0.05, 0.1) is 0 Å². The largest absolute Gasteiger partial charge is 0.481 e. The van der Waals surface area contributed by atoms with E-state index in [2.05, 4.69) is 46.8 Å². The summed E-state index contributed by atoms with van der Waals surface area (Å²) in [6, 6.07) is 4.23. The van der Waals surface area contributed by atoms with Gasteiger partial charge in [-0.05, 0) is 69.2 Å². The third-order valence-corrected chi connectivity index (χ3v) is 8.41. The Bertz CT molecular complexity index is 906. The SMILES string of the molecule is CCCCCCCCCCCc1oc(CCC)c(C)c1C.CCCc1ccc(CCCCCCCCCCC(=O)O)o1. The first-order valence-electron chi connectivity index (χ1n) is 17.8. The van der Waals surface area contributed by atoms with Crippen LogP contribution in [0.2, 0.25) is 0 Å². The first-order valence-corrected chi connectivity index (χ1v) is 17.8. The van der Waals surface area contributed by atoms with E-state index in [1.807, 2.05) is 0 Å². The molecule has 0 fully saturated rings. The predicted octanol–water partition coefficient (Wildman–Crippen LogP) is 12.3. The smallest absolute Gasteiger partial charge is 0.303 e. The standard InChI is InChI=1S/C20H36O.C18H30O3/c1-5-7-8-9-10-11-12-13-14-16-20-18(4)17(3)19(21-20)15-6-2;1-2-11-16-14-15-17(21-16)12-9-7-5-3-4-6-8-10-13-18(19)20/h5-16H2,1-4H3;14-15H,2-13H2,1H3,(H,19,20). The van der Waals surface area contributed by atoms with Crippen molar-refractivity contribution in [3.05, 3.63) is 46.3 Å². The zero-order valence-electron chi connectivity index (χ0n) is 28.3. The van der Waals surface area contributed by atoms with Crippen LogP contribution in [0.15, 0.2) is 21.0 Å². The van der Waals surface area contributed by atoms with Gasteiger partial charge >= 0.3 is 5.97 Å². The molecule has 0 unspecified atom stereocenters. The van der Waals surface area contributed by atoms with E-state index in [4.69, 9.17) is 13.9 Å². The molecule has 4 heteroatoms. The molecule has 2 aromatic heterocycles. The van der Waals surface area contributed by atoms with Crippen molar-refractivity contribution in [2.24, 2.45) is 0 Å². The number of carboxylic acids is 1.